The Labute approximate surface area is 160 Å². The Balaban J connectivity index is 1.67. The van der Waals surface area contributed by atoms with E-state index in [9.17, 15) is 14.0 Å². The number of aliphatic hydroxyl groups is 1. The van der Waals surface area contributed by atoms with E-state index >= 15 is 0 Å². The van der Waals surface area contributed by atoms with E-state index in [4.69, 9.17) is 9.84 Å². The topological polar surface area (TPSA) is 81.4 Å². The van der Waals surface area contributed by atoms with Gasteiger partial charge in [-0.1, -0.05) is 18.2 Å². The zero-order valence-electron chi connectivity index (χ0n) is 15.3. The summed E-state index contributed by atoms with van der Waals surface area (Å²) in [4.78, 5) is 28.7. The lowest BCUT2D eigenvalue weighted by Crippen LogP contribution is -2.23. The maximum Gasteiger partial charge on any atom is 0.254 e. The van der Waals surface area contributed by atoms with Crippen LogP contribution in [0.25, 0.3) is 0 Å². The summed E-state index contributed by atoms with van der Waals surface area (Å²) in [6.45, 7) is 1.69. The summed E-state index contributed by atoms with van der Waals surface area (Å²) in [6.07, 6.45) is 2.59. The number of carbonyl (C=O) groups is 1. The number of hydrogen-bond donors (Lipinski definition) is 1. The van der Waals surface area contributed by atoms with Gasteiger partial charge in [0.05, 0.1) is 25.0 Å². The van der Waals surface area contributed by atoms with Crippen LogP contribution in [0.1, 0.15) is 27.2 Å². The van der Waals surface area contributed by atoms with E-state index in [2.05, 4.69) is 4.98 Å². The monoisotopic (exact) mass is 382 g/mol. The van der Waals surface area contributed by atoms with Crippen LogP contribution in [0.2, 0.25) is 0 Å². The van der Waals surface area contributed by atoms with Crippen molar-refractivity contribution in [2.75, 3.05) is 0 Å². The van der Waals surface area contributed by atoms with Crippen LogP contribution in [-0.4, -0.2) is 20.4 Å². The number of Topliss-reactive ketones (excluding diaryl/α,β-unsaturated/α-hetero) is 1. The molecule has 2 aromatic heterocycles. The molecule has 3 rings (SSSR count). The van der Waals surface area contributed by atoms with Crippen molar-refractivity contribution >= 4 is 5.78 Å². The zero-order valence-corrected chi connectivity index (χ0v) is 15.3. The number of ether oxygens (including phenoxy) is 1. The molecule has 1 N–H and O–H groups in total. The van der Waals surface area contributed by atoms with E-state index in [1.165, 1.54) is 29.0 Å². The lowest BCUT2D eigenvalue weighted by atomic mass is 10.0. The molecule has 144 valence electrons. The lowest BCUT2D eigenvalue weighted by Gasteiger charge is -2.10. The predicted octanol–water partition coefficient (Wildman–Crippen LogP) is 2.65. The fraction of sp³-hybridized carbons (Fsp3) is 0.190. The van der Waals surface area contributed by atoms with Gasteiger partial charge in [-0.3, -0.25) is 14.6 Å². The molecule has 0 unspecified atom stereocenters. The number of hydrogen-bond acceptors (Lipinski definition) is 5. The van der Waals surface area contributed by atoms with E-state index in [-0.39, 0.29) is 31.1 Å². The average Bonchev–Trinajstić information content (AvgIpc) is 2.69. The zero-order chi connectivity index (χ0) is 20.1. The minimum absolute atomic E-state index is 0.0936. The second-order valence-electron chi connectivity index (χ2n) is 6.32. The molecule has 0 spiro atoms. The van der Waals surface area contributed by atoms with Crippen LogP contribution in [0.5, 0.6) is 5.75 Å². The van der Waals surface area contributed by atoms with Crippen molar-refractivity contribution in [1.29, 1.82) is 0 Å². The molecule has 0 saturated carbocycles. The van der Waals surface area contributed by atoms with Crippen molar-refractivity contribution in [3.05, 3.63) is 93.4 Å². The Bertz CT molecular complexity index is 1050. The molecule has 0 atom stereocenters. The van der Waals surface area contributed by atoms with Crippen molar-refractivity contribution in [2.24, 2.45) is 0 Å². The number of nitrogens with zero attached hydrogens (tertiary/aromatic N) is 2. The molecule has 0 amide bonds. The highest BCUT2D eigenvalue weighted by Gasteiger charge is 2.12. The number of carbonyl (C=O) groups excluding carboxylic acids is 1. The van der Waals surface area contributed by atoms with E-state index in [1.54, 1.807) is 31.2 Å². The van der Waals surface area contributed by atoms with E-state index in [1.807, 2.05) is 0 Å². The molecule has 1 aromatic carbocycles. The third-order valence-electron chi connectivity index (χ3n) is 4.23. The van der Waals surface area contributed by atoms with Gasteiger partial charge in [-0.2, -0.15) is 0 Å². The molecule has 2 heterocycles. The van der Waals surface area contributed by atoms with Crippen LogP contribution in [0.3, 0.4) is 0 Å². The fourth-order valence-electron chi connectivity index (χ4n) is 2.74. The summed E-state index contributed by atoms with van der Waals surface area (Å²) in [7, 11) is 0. The fourth-order valence-corrected chi connectivity index (χ4v) is 2.74. The molecule has 3 aromatic rings. The number of pyridine rings is 2. The van der Waals surface area contributed by atoms with Crippen molar-refractivity contribution in [1.82, 2.24) is 9.55 Å². The maximum atomic E-state index is 12.9. The number of rotatable bonds is 7. The van der Waals surface area contributed by atoms with Gasteiger partial charge in [-0.05, 0) is 36.2 Å². The normalized spacial score (nSPS) is 10.7. The SMILES string of the molecule is Cc1cc(CO)ccc1C(=O)Cn1ccc(OCc2ccc(F)cn2)cc1=O. The van der Waals surface area contributed by atoms with Crippen LogP contribution >= 0.6 is 0 Å². The molecule has 0 aliphatic rings. The first-order valence-corrected chi connectivity index (χ1v) is 8.63. The van der Waals surface area contributed by atoms with Gasteiger partial charge < -0.3 is 14.4 Å². The standard InChI is InChI=1S/C21H19FN2O4/c1-14-8-15(12-25)2-5-19(14)20(26)11-24-7-6-18(9-21(24)27)28-13-17-4-3-16(22)10-23-17/h2-10,25H,11-13H2,1H3. The van der Waals surface area contributed by atoms with Gasteiger partial charge in [0.25, 0.3) is 5.56 Å². The number of ketones is 1. The minimum Gasteiger partial charge on any atom is -0.487 e. The number of aromatic nitrogens is 2. The van der Waals surface area contributed by atoms with Crippen LogP contribution in [0.4, 0.5) is 4.39 Å². The highest BCUT2D eigenvalue weighted by molar-refractivity contribution is 5.97. The maximum absolute atomic E-state index is 12.9. The predicted molar refractivity (Wildman–Crippen MR) is 101 cm³/mol. The van der Waals surface area contributed by atoms with E-state index in [0.29, 0.717) is 17.0 Å². The molecule has 6 nitrogen and oxygen atoms in total. The van der Waals surface area contributed by atoms with Gasteiger partial charge in [-0.25, -0.2) is 4.39 Å². The quantitative estimate of drug-likeness (QED) is 0.636. The van der Waals surface area contributed by atoms with Crippen LogP contribution in [-0.2, 0) is 19.8 Å². The lowest BCUT2D eigenvalue weighted by molar-refractivity contribution is 0.0970. The van der Waals surface area contributed by atoms with Crippen molar-refractivity contribution < 1.29 is 19.0 Å². The van der Waals surface area contributed by atoms with Crippen LogP contribution < -0.4 is 10.3 Å². The number of halogens is 1. The number of aliphatic hydroxyl groups excluding tert-OH is 1. The smallest absolute Gasteiger partial charge is 0.254 e. The Kier molecular flexibility index (Phi) is 5.96. The molecule has 0 fully saturated rings. The second-order valence-corrected chi connectivity index (χ2v) is 6.32. The molecule has 28 heavy (non-hydrogen) atoms. The molecular weight excluding hydrogens is 363 g/mol. The number of aryl methyl sites for hydroxylation is 1. The Morgan fingerprint density at radius 2 is 2.04 bits per heavy atom. The van der Waals surface area contributed by atoms with Gasteiger partial charge >= 0.3 is 0 Å². The van der Waals surface area contributed by atoms with Crippen LogP contribution in [0, 0.1) is 12.7 Å². The third-order valence-corrected chi connectivity index (χ3v) is 4.23. The Hall–Kier alpha value is -3.32. The van der Waals surface area contributed by atoms with Crippen molar-refractivity contribution in [3.63, 3.8) is 0 Å². The van der Waals surface area contributed by atoms with Gasteiger partial charge in [-0.15, -0.1) is 0 Å². The summed E-state index contributed by atoms with van der Waals surface area (Å²) in [6, 6.07) is 10.7. The van der Waals surface area contributed by atoms with Gasteiger partial charge in [0.1, 0.15) is 18.2 Å². The average molecular weight is 382 g/mol. The molecular formula is C21H19FN2O4. The summed E-state index contributed by atoms with van der Waals surface area (Å²) in [5, 5.41) is 9.15. The Morgan fingerprint density at radius 3 is 2.68 bits per heavy atom. The summed E-state index contributed by atoms with van der Waals surface area (Å²) in [5.41, 5.74) is 2.14. The molecule has 0 bridgehead atoms. The Morgan fingerprint density at radius 1 is 1.21 bits per heavy atom. The molecule has 0 aliphatic heterocycles. The molecule has 0 aliphatic carbocycles. The minimum atomic E-state index is -0.433. The van der Waals surface area contributed by atoms with Crippen LogP contribution in [0.15, 0.2) is 59.7 Å². The van der Waals surface area contributed by atoms with E-state index in [0.717, 1.165) is 17.3 Å². The second kappa shape index (κ2) is 8.58. The summed E-state index contributed by atoms with van der Waals surface area (Å²) < 4.78 is 19.6. The largest absolute Gasteiger partial charge is 0.487 e. The summed E-state index contributed by atoms with van der Waals surface area (Å²) >= 11 is 0. The first-order valence-electron chi connectivity index (χ1n) is 8.63. The first kappa shape index (κ1) is 19.4. The third kappa shape index (κ3) is 4.69. The molecule has 0 radical (unpaired) electrons. The molecule has 7 heteroatoms. The van der Waals surface area contributed by atoms with Gasteiger partial charge in [0.2, 0.25) is 0 Å². The highest BCUT2D eigenvalue weighted by Crippen LogP contribution is 2.14. The highest BCUT2D eigenvalue weighted by atomic mass is 19.1. The van der Waals surface area contributed by atoms with E-state index < -0.39 is 5.82 Å². The van der Waals surface area contributed by atoms with Crippen molar-refractivity contribution in [2.45, 2.75) is 26.7 Å². The van der Waals surface area contributed by atoms with Crippen molar-refractivity contribution in [3.8, 4) is 5.75 Å². The van der Waals surface area contributed by atoms with Gasteiger partial charge in [0.15, 0.2) is 5.78 Å². The van der Waals surface area contributed by atoms with Gasteiger partial charge in [0, 0.05) is 17.8 Å². The number of benzene rings is 1. The molecule has 0 saturated heterocycles. The summed E-state index contributed by atoms with van der Waals surface area (Å²) in [5.74, 6) is -0.297. The first-order chi connectivity index (χ1) is 13.5.